The standard InChI is InChI=1S/C18H16N2O5S2/c1-8(2)13(17(24)25)20-16(23)14(27-18(20)26)12-10-6-4-5-7-11(10)19(9(3)21)15(12)22/h4-8,13H,1-3H3,(H,24,25)/p-1. The topological polar surface area (TPSA) is 97.8 Å². The molecular formula is C18H15N2O5S2-. The summed E-state index contributed by atoms with van der Waals surface area (Å²) in [7, 11) is 0. The van der Waals surface area contributed by atoms with Crippen molar-refractivity contribution in [2.45, 2.75) is 26.8 Å². The van der Waals surface area contributed by atoms with E-state index in [0.717, 1.165) is 21.6 Å². The fourth-order valence-electron chi connectivity index (χ4n) is 3.19. The van der Waals surface area contributed by atoms with Gasteiger partial charge < -0.3 is 9.90 Å². The summed E-state index contributed by atoms with van der Waals surface area (Å²) in [6, 6.07) is 5.37. The van der Waals surface area contributed by atoms with Crippen LogP contribution < -0.4 is 10.0 Å². The van der Waals surface area contributed by atoms with Gasteiger partial charge in [-0.3, -0.25) is 19.3 Å². The Labute approximate surface area is 165 Å². The molecule has 140 valence electrons. The van der Waals surface area contributed by atoms with Crippen LogP contribution in [-0.2, 0) is 19.2 Å². The number of rotatable bonds is 3. The minimum Gasteiger partial charge on any atom is -0.548 e. The number of carboxylic acid groups (broad SMARTS) is 1. The summed E-state index contributed by atoms with van der Waals surface area (Å²) in [5.41, 5.74) is 0.879. The van der Waals surface area contributed by atoms with Crippen molar-refractivity contribution in [3.05, 3.63) is 34.7 Å². The molecule has 0 bridgehead atoms. The summed E-state index contributed by atoms with van der Waals surface area (Å²) in [4.78, 5) is 51.4. The molecule has 0 aliphatic carbocycles. The van der Waals surface area contributed by atoms with Crippen molar-refractivity contribution < 1.29 is 24.3 Å². The number of thiocarbonyl (C=S) groups is 1. The molecule has 9 heteroatoms. The van der Waals surface area contributed by atoms with E-state index in [9.17, 15) is 24.3 Å². The zero-order chi connectivity index (χ0) is 20.0. The molecule has 2 aliphatic rings. The van der Waals surface area contributed by atoms with Gasteiger partial charge in [0.1, 0.15) is 4.32 Å². The van der Waals surface area contributed by atoms with Crippen molar-refractivity contribution in [2.75, 3.05) is 4.90 Å². The first-order chi connectivity index (χ1) is 12.7. The number of anilines is 1. The predicted molar refractivity (Wildman–Crippen MR) is 102 cm³/mol. The van der Waals surface area contributed by atoms with Gasteiger partial charge in [0.15, 0.2) is 0 Å². The van der Waals surface area contributed by atoms with Crippen LogP contribution in [0.2, 0.25) is 0 Å². The Morgan fingerprint density at radius 3 is 2.33 bits per heavy atom. The number of amides is 3. The predicted octanol–water partition coefficient (Wildman–Crippen LogP) is 0.926. The van der Waals surface area contributed by atoms with Gasteiger partial charge in [0.25, 0.3) is 11.8 Å². The second kappa shape index (κ2) is 6.90. The van der Waals surface area contributed by atoms with E-state index in [0.29, 0.717) is 11.3 Å². The third-order valence-corrected chi connectivity index (χ3v) is 5.72. The number of thioether (sulfide) groups is 1. The number of carbonyl (C=O) groups excluding carboxylic acids is 4. The van der Waals surface area contributed by atoms with E-state index in [1.54, 1.807) is 38.1 Å². The minimum atomic E-state index is -1.42. The summed E-state index contributed by atoms with van der Waals surface area (Å²) >= 11 is 6.07. The first-order valence-corrected chi connectivity index (χ1v) is 9.34. The maximum Gasteiger partial charge on any atom is 0.267 e. The van der Waals surface area contributed by atoms with Crippen LogP contribution in [0.5, 0.6) is 0 Å². The van der Waals surface area contributed by atoms with Crippen LogP contribution in [0.3, 0.4) is 0 Å². The van der Waals surface area contributed by atoms with Crippen LogP contribution in [0.15, 0.2) is 29.2 Å². The van der Waals surface area contributed by atoms with Crippen molar-refractivity contribution in [3.8, 4) is 0 Å². The molecule has 1 fully saturated rings. The van der Waals surface area contributed by atoms with Crippen molar-refractivity contribution in [2.24, 2.45) is 5.92 Å². The molecule has 0 saturated carbocycles. The van der Waals surface area contributed by atoms with E-state index >= 15 is 0 Å². The van der Waals surface area contributed by atoms with Crippen molar-refractivity contribution >= 4 is 63.3 Å². The maximum absolute atomic E-state index is 13.0. The lowest BCUT2D eigenvalue weighted by molar-refractivity contribution is -0.311. The third kappa shape index (κ3) is 2.96. The monoisotopic (exact) mass is 403 g/mol. The van der Waals surface area contributed by atoms with E-state index in [4.69, 9.17) is 12.2 Å². The van der Waals surface area contributed by atoms with Gasteiger partial charge in [0, 0.05) is 12.5 Å². The van der Waals surface area contributed by atoms with Crippen LogP contribution >= 0.6 is 24.0 Å². The molecular weight excluding hydrogens is 388 g/mol. The Balaban J connectivity index is 2.16. The van der Waals surface area contributed by atoms with E-state index in [-0.39, 0.29) is 14.8 Å². The lowest BCUT2D eigenvalue weighted by Crippen LogP contribution is -2.52. The maximum atomic E-state index is 13.0. The Morgan fingerprint density at radius 1 is 1.15 bits per heavy atom. The first-order valence-electron chi connectivity index (χ1n) is 8.11. The van der Waals surface area contributed by atoms with Gasteiger partial charge >= 0.3 is 0 Å². The van der Waals surface area contributed by atoms with Gasteiger partial charge in [-0.1, -0.05) is 56.0 Å². The lowest BCUT2D eigenvalue weighted by Gasteiger charge is -2.30. The Hall–Kier alpha value is -2.52. The summed E-state index contributed by atoms with van der Waals surface area (Å²) in [5, 5.41) is 11.5. The Morgan fingerprint density at radius 2 is 1.78 bits per heavy atom. The summed E-state index contributed by atoms with van der Waals surface area (Å²) in [5.74, 6) is -3.64. The van der Waals surface area contributed by atoms with E-state index in [2.05, 4.69) is 0 Å². The van der Waals surface area contributed by atoms with Crippen molar-refractivity contribution in [3.63, 3.8) is 0 Å². The largest absolute Gasteiger partial charge is 0.548 e. The Kier molecular flexibility index (Phi) is 4.92. The van der Waals surface area contributed by atoms with E-state index in [1.807, 2.05) is 0 Å². The van der Waals surface area contributed by atoms with Crippen LogP contribution in [-0.4, -0.2) is 39.0 Å². The van der Waals surface area contributed by atoms with Crippen molar-refractivity contribution in [1.29, 1.82) is 0 Å². The van der Waals surface area contributed by atoms with Crippen LogP contribution in [0.1, 0.15) is 26.3 Å². The number of carboxylic acids is 1. The van der Waals surface area contributed by atoms with Gasteiger partial charge in [0.2, 0.25) is 5.91 Å². The quantitative estimate of drug-likeness (QED) is 0.547. The number of para-hydroxylation sites is 1. The second-order valence-corrected chi connectivity index (χ2v) is 8.08. The lowest BCUT2D eigenvalue weighted by atomic mass is 10.0. The van der Waals surface area contributed by atoms with Gasteiger partial charge in [-0.05, 0) is 12.0 Å². The summed E-state index contributed by atoms with van der Waals surface area (Å²) in [6.45, 7) is 4.53. The zero-order valence-electron chi connectivity index (χ0n) is 14.7. The number of nitrogens with zero attached hydrogens (tertiary/aromatic N) is 2. The molecule has 1 unspecified atom stereocenters. The number of hydrogen-bond donors (Lipinski definition) is 0. The fourth-order valence-corrected chi connectivity index (χ4v) is 4.60. The highest BCUT2D eigenvalue weighted by molar-refractivity contribution is 8.26. The molecule has 0 spiro atoms. The molecule has 1 aromatic carbocycles. The highest BCUT2D eigenvalue weighted by Gasteiger charge is 2.45. The molecule has 1 atom stereocenters. The smallest absolute Gasteiger partial charge is 0.267 e. The molecule has 27 heavy (non-hydrogen) atoms. The highest BCUT2D eigenvalue weighted by Crippen LogP contribution is 2.45. The molecule has 0 aromatic heterocycles. The fraction of sp³-hybridized carbons (Fsp3) is 0.278. The molecule has 2 aliphatic heterocycles. The molecule has 7 nitrogen and oxygen atoms in total. The molecule has 3 rings (SSSR count). The van der Waals surface area contributed by atoms with Crippen LogP contribution in [0, 0.1) is 5.92 Å². The van der Waals surface area contributed by atoms with Gasteiger partial charge in [0.05, 0.1) is 28.2 Å². The normalized spacial score (nSPS) is 20.5. The van der Waals surface area contributed by atoms with E-state index in [1.165, 1.54) is 6.92 Å². The average molecular weight is 403 g/mol. The first kappa shape index (κ1) is 19.2. The second-order valence-electron chi connectivity index (χ2n) is 6.43. The third-order valence-electron chi connectivity index (χ3n) is 4.32. The number of hydrogen-bond acceptors (Lipinski definition) is 7. The van der Waals surface area contributed by atoms with Gasteiger partial charge in [-0.2, -0.15) is 0 Å². The average Bonchev–Trinajstić information content (AvgIpc) is 3.01. The van der Waals surface area contributed by atoms with Crippen LogP contribution in [0.4, 0.5) is 5.69 Å². The molecule has 0 radical (unpaired) electrons. The molecule has 1 aromatic rings. The number of carbonyl (C=O) groups is 4. The summed E-state index contributed by atoms with van der Waals surface area (Å²) in [6.07, 6.45) is 0. The number of benzene rings is 1. The van der Waals surface area contributed by atoms with Gasteiger partial charge in [-0.15, -0.1) is 0 Å². The van der Waals surface area contributed by atoms with Crippen molar-refractivity contribution in [1.82, 2.24) is 4.90 Å². The molecule has 2 heterocycles. The molecule has 1 saturated heterocycles. The van der Waals surface area contributed by atoms with Crippen LogP contribution in [0.25, 0.3) is 5.57 Å². The zero-order valence-corrected chi connectivity index (χ0v) is 16.3. The number of aliphatic carboxylic acids is 1. The van der Waals surface area contributed by atoms with Gasteiger partial charge in [-0.25, -0.2) is 4.90 Å². The SMILES string of the molecule is CC(=O)N1C(=O)C(=C2SC(=S)N(C(C(=O)[O-])C(C)C)C2=O)c2ccccc21. The molecule has 3 amide bonds. The summed E-state index contributed by atoms with van der Waals surface area (Å²) < 4.78 is 0.0388. The number of fused-ring (bicyclic) bond motifs is 1. The number of imide groups is 1. The minimum absolute atomic E-state index is 0.0214. The highest BCUT2D eigenvalue weighted by atomic mass is 32.2. The molecule has 0 N–H and O–H groups in total. The Bertz CT molecular complexity index is 937. The van der Waals surface area contributed by atoms with E-state index < -0.39 is 35.7 Å².